The second kappa shape index (κ2) is 9.21. The van der Waals surface area contributed by atoms with E-state index in [2.05, 4.69) is 5.43 Å². The van der Waals surface area contributed by atoms with Gasteiger partial charge in [0.05, 0.1) is 17.6 Å². The molecule has 1 fully saturated rings. The van der Waals surface area contributed by atoms with E-state index in [4.69, 9.17) is 21.4 Å². The molecule has 0 spiro atoms. The van der Waals surface area contributed by atoms with Crippen molar-refractivity contribution in [1.82, 2.24) is 10.4 Å². The van der Waals surface area contributed by atoms with Gasteiger partial charge in [-0.25, -0.2) is 4.79 Å². The zero-order valence-corrected chi connectivity index (χ0v) is 18.4. The van der Waals surface area contributed by atoms with Gasteiger partial charge in [0.2, 0.25) is 0 Å². The number of esters is 1. The van der Waals surface area contributed by atoms with Crippen LogP contribution in [-0.2, 0) is 9.53 Å². The molecule has 0 aliphatic carbocycles. The maximum absolute atomic E-state index is 12.7. The van der Waals surface area contributed by atoms with Crippen LogP contribution in [0.25, 0.3) is 17.4 Å². The topological polar surface area (TPSA) is 88.9 Å². The quantitative estimate of drug-likeness (QED) is 0.342. The fraction of sp³-hybridized carbons (Fsp3) is 0.0435. The summed E-state index contributed by atoms with van der Waals surface area (Å²) in [5, 5.41) is 1.05. The fourth-order valence-corrected chi connectivity index (χ4v) is 4.08. The van der Waals surface area contributed by atoms with Gasteiger partial charge in [-0.05, 0) is 48.6 Å². The van der Waals surface area contributed by atoms with Crippen molar-refractivity contribution in [1.29, 1.82) is 0 Å². The molecule has 32 heavy (non-hydrogen) atoms. The van der Waals surface area contributed by atoms with Crippen LogP contribution in [0.3, 0.4) is 0 Å². The van der Waals surface area contributed by atoms with Gasteiger partial charge in [-0.2, -0.15) is 5.01 Å². The number of rotatable bonds is 5. The highest BCUT2D eigenvalue weighted by atomic mass is 32.2. The van der Waals surface area contributed by atoms with Crippen molar-refractivity contribution in [3.05, 3.63) is 88.5 Å². The standard InChI is InChI=1S/C23H16N2O5S2/c1-29-22(28)16-9-7-14(8-10-16)18-12-11-17(30-18)13-19-21(27)25(23(31)32-19)24-20(26)15-5-3-2-4-6-15/h2-13H,1H3,(H,24,26)/b19-13+. The summed E-state index contributed by atoms with van der Waals surface area (Å²) in [4.78, 5) is 37.0. The maximum Gasteiger partial charge on any atom is 0.337 e. The number of benzene rings is 2. The molecule has 7 nitrogen and oxygen atoms in total. The molecule has 0 bridgehead atoms. The van der Waals surface area contributed by atoms with Crippen molar-refractivity contribution in [2.24, 2.45) is 0 Å². The summed E-state index contributed by atoms with van der Waals surface area (Å²) in [7, 11) is 1.32. The zero-order valence-electron chi connectivity index (χ0n) is 16.7. The minimum absolute atomic E-state index is 0.218. The molecule has 1 aliphatic heterocycles. The van der Waals surface area contributed by atoms with E-state index in [1.54, 1.807) is 72.8 Å². The maximum atomic E-state index is 12.7. The number of methoxy groups -OCH3 is 1. The number of thiocarbonyl (C=S) groups is 1. The van der Waals surface area contributed by atoms with Crippen LogP contribution in [-0.4, -0.2) is 34.2 Å². The SMILES string of the molecule is COC(=O)c1ccc(-c2ccc(/C=C3/SC(=S)N(NC(=O)c4ccccc4)C3=O)o2)cc1. The number of nitrogens with one attached hydrogen (secondary N) is 1. The second-order valence-electron chi connectivity index (χ2n) is 6.60. The largest absolute Gasteiger partial charge is 0.465 e. The number of hydrogen-bond donors (Lipinski definition) is 1. The molecule has 0 unspecified atom stereocenters. The van der Waals surface area contributed by atoms with Crippen molar-refractivity contribution < 1.29 is 23.5 Å². The first-order valence-electron chi connectivity index (χ1n) is 9.39. The first-order chi connectivity index (χ1) is 15.5. The Morgan fingerprint density at radius 2 is 1.75 bits per heavy atom. The molecule has 3 aromatic rings. The van der Waals surface area contributed by atoms with E-state index in [9.17, 15) is 14.4 Å². The minimum atomic E-state index is -0.440. The van der Waals surface area contributed by atoms with Crippen LogP contribution in [0, 0.1) is 0 Å². The Morgan fingerprint density at radius 3 is 2.44 bits per heavy atom. The average Bonchev–Trinajstić information content (AvgIpc) is 3.39. The number of nitrogens with zero attached hydrogens (tertiary/aromatic N) is 1. The summed E-state index contributed by atoms with van der Waals surface area (Å²) in [6.07, 6.45) is 1.57. The lowest BCUT2D eigenvalue weighted by atomic mass is 10.1. The van der Waals surface area contributed by atoms with Crippen molar-refractivity contribution in [3.8, 4) is 11.3 Å². The lowest BCUT2D eigenvalue weighted by molar-refractivity contribution is -0.123. The number of thioether (sulfide) groups is 1. The minimum Gasteiger partial charge on any atom is -0.465 e. The highest BCUT2D eigenvalue weighted by Crippen LogP contribution is 2.33. The molecule has 0 radical (unpaired) electrons. The molecule has 2 aromatic carbocycles. The van der Waals surface area contributed by atoms with Crippen LogP contribution in [0.15, 0.2) is 76.1 Å². The van der Waals surface area contributed by atoms with Gasteiger partial charge in [0.1, 0.15) is 11.5 Å². The molecule has 0 saturated carbocycles. The van der Waals surface area contributed by atoms with Gasteiger partial charge in [0.25, 0.3) is 11.8 Å². The Morgan fingerprint density at radius 1 is 1.03 bits per heavy atom. The Kier molecular flexibility index (Phi) is 6.20. The zero-order chi connectivity index (χ0) is 22.7. The summed E-state index contributed by atoms with van der Waals surface area (Å²) in [5.74, 6) is -0.269. The van der Waals surface area contributed by atoms with Crippen LogP contribution >= 0.6 is 24.0 Å². The van der Waals surface area contributed by atoms with Crippen LogP contribution in [0.4, 0.5) is 0 Å². The summed E-state index contributed by atoms with van der Waals surface area (Å²) >= 11 is 6.32. The molecular formula is C23H16N2O5S2. The van der Waals surface area contributed by atoms with E-state index in [0.717, 1.165) is 22.3 Å². The molecule has 2 amide bonds. The third-order valence-electron chi connectivity index (χ3n) is 4.53. The molecule has 4 rings (SSSR count). The molecule has 0 atom stereocenters. The van der Waals surface area contributed by atoms with Crippen molar-refractivity contribution in [2.45, 2.75) is 0 Å². The van der Waals surface area contributed by atoms with Gasteiger partial charge in [-0.3, -0.25) is 15.0 Å². The Hall–Kier alpha value is -3.69. The van der Waals surface area contributed by atoms with Crippen molar-refractivity contribution >= 4 is 52.2 Å². The molecule has 9 heteroatoms. The van der Waals surface area contributed by atoms with Crippen LogP contribution in [0.1, 0.15) is 26.5 Å². The molecule has 1 N–H and O–H groups in total. The Labute approximate surface area is 193 Å². The van der Waals surface area contributed by atoms with Crippen LogP contribution < -0.4 is 5.43 Å². The lowest BCUT2D eigenvalue weighted by Crippen LogP contribution is -2.44. The number of carbonyl (C=O) groups is 3. The van der Waals surface area contributed by atoms with Crippen LogP contribution in [0.2, 0.25) is 0 Å². The number of hydrazine groups is 1. The molecule has 2 heterocycles. The van der Waals surface area contributed by atoms with Gasteiger partial charge >= 0.3 is 5.97 Å². The van der Waals surface area contributed by atoms with Crippen molar-refractivity contribution in [2.75, 3.05) is 7.11 Å². The van der Waals surface area contributed by atoms with E-state index in [-0.39, 0.29) is 4.32 Å². The first-order valence-corrected chi connectivity index (χ1v) is 10.6. The Balaban J connectivity index is 1.48. The van der Waals surface area contributed by atoms with Gasteiger partial charge in [0.15, 0.2) is 4.32 Å². The van der Waals surface area contributed by atoms with Crippen LogP contribution in [0.5, 0.6) is 0 Å². The number of carbonyl (C=O) groups excluding carboxylic acids is 3. The molecule has 1 aromatic heterocycles. The summed E-state index contributed by atoms with van der Waals surface area (Å²) < 4.78 is 10.7. The molecular weight excluding hydrogens is 448 g/mol. The number of amides is 2. The lowest BCUT2D eigenvalue weighted by Gasteiger charge is -2.15. The van der Waals surface area contributed by atoms with E-state index in [1.165, 1.54) is 7.11 Å². The predicted octanol–water partition coefficient (Wildman–Crippen LogP) is 4.28. The number of furan rings is 1. The predicted molar refractivity (Wildman–Crippen MR) is 124 cm³/mol. The van der Waals surface area contributed by atoms with Gasteiger partial charge in [-0.1, -0.05) is 42.1 Å². The normalized spacial score (nSPS) is 14.7. The van der Waals surface area contributed by atoms with Gasteiger partial charge in [-0.15, -0.1) is 0 Å². The average molecular weight is 465 g/mol. The van der Waals surface area contributed by atoms with Gasteiger partial charge < -0.3 is 9.15 Å². The number of hydrogen-bond acceptors (Lipinski definition) is 7. The molecule has 160 valence electrons. The van der Waals surface area contributed by atoms with E-state index >= 15 is 0 Å². The highest BCUT2D eigenvalue weighted by molar-refractivity contribution is 8.26. The smallest absolute Gasteiger partial charge is 0.337 e. The van der Waals surface area contributed by atoms with Gasteiger partial charge in [0, 0.05) is 17.2 Å². The summed E-state index contributed by atoms with van der Waals surface area (Å²) in [6, 6.07) is 18.8. The third-order valence-corrected chi connectivity index (χ3v) is 5.84. The molecule has 1 aliphatic rings. The first kappa shape index (κ1) is 21.5. The number of ether oxygens (including phenoxy) is 1. The second-order valence-corrected chi connectivity index (χ2v) is 8.27. The highest BCUT2D eigenvalue weighted by Gasteiger charge is 2.34. The summed E-state index contributed by atoms with van der Waals surface area (Å²) in [5.41, 5.74) is 4.15. The van der Waals surface area contributed by atoms with E-state index in [1.807, 2.05) is 0 Å². The van der Waals surface area contributed by atoms with E-state index < -0.39 is 17.8 Å². The van der Waals surface area contributed by atoms with Crippen molar-refractivity contribution in [3.63, 3.8) is 0 Å². The Bertz CT molecular complexity index is 1230. The fourth-order valence-electron chi connectivity index (χ4n) is 2.92. The monoisotopic (exact) mass is 464 g/mol. The van der Waals surface area contributed by atoms with E-state index in [0.29, 0.717) is 27.6 Å². The molecule has 1 saturated heterocycles. The summed E-state index contributed by atoms with van der Waals surface area (Å²) in [6.45, 7) is 0. The third kappa shape index (κ3) is 4.48.